The molecule has 2 heterocycles. The summed E-state index contributed by atoms with van der Waals surface area (Å²) in [5.41, 5.74) is 3.70. The number of fused-ring (bicyclic) bond motifs is 3. The molecule has 5 heteroatoms. The van der Waals surface area contributed by atoms with Crippen molar-refractivity contribution in [1.82, 2.24) is 15.2 Å². The first kappa shape index (κ1) is 14.1. The minimum absolute atomic E-state index is 0.114. The Morgan fingerprint density at radius 3 is 2.91 bits per heavy atom. The van der Waals surface area contributed by atoms with Crippen molar-refractivity contribution < 1.29 is 4.79 Å². The van der Waals surface area contributed by atoms with Crippen molar-refractivity contribution in [3.63, 3.8) is 0 Å². The third kappa shape index (κ3) is 2.40. The third-order valence-electron chi connectivity index (χ3n) is 4.93. The van der Waals surface area contributed by atoms with Gasteiger partial charge in [-0.15, -0.1) is 0 Å². The summed E-state index contributed by atoms with van der Waals surface area (Å²) < 4.78 is 0. The number of benzene rings is 1. The molecule has 0 radical (unpaired) electrons. The highest BCUT2D eigenvalue weighted by Crippen LogP contribution is 2.33. The lowest BCUT2D eigenvalue weighted by Gasteiger charge is -2.32. The Labute approximate surface area is 134 Å². The van der Waals surface area contributed by atoms with Crippen LogP contribution in [0.2, 0.25) is 5.02 Å². The smallest absolute Gasteiger partial charge is 0.226 e. The van der Waals surface area contributed by atoms with Crippen LogP contribution < -0.4 is 5.32 Å². The van der Waals surface area contributed by atoms with Crippen LogP contribution in [-0.4, -0.2) is 42.0 Å². The molecule has 0 saturated carbocycles. The summed E-state index contributed by atoms with van der Waals surface area (Å²) in [7, 11) is 0. The van der Waals surface area contributed by atoms with Gasteiger partial charge in [0.25, 0.3) is 0 Å². The van der Waals surface area contributed by atoms with Crippen LogP contribution in [0.3, 0.4) is 0 Å². The molecule has 116 valence electrons. The fraction of sp³-hybridized carbons (Fsp3) is 0.471. The van der Waals surface area contributed by atoms with Crippen LogP contribution in [0.5, 0.6) is 0 Å². The molecule has 0 spiro atoms. The van der Waals surface area contributed by atoms with Gasteiger partial charge in [0.1, 0.15) is 0 Å². The molecule has 1 aliphatic heterocycles. The molecule has 2 aromatic rings. The number of carbonyl (C=O) groups is 1. The normalized spacial score (nSPS) is 21.9. The highest BCUT2D eigenvalue weighted by Gasteiger charge is 2.30. The van der Waals surface area contributed by atoms with Crippen LogP contribution in [0, 0.1) is 5.92 Å². The molecule has 1 aromatic heterocycles. The van der Waals surface area contributed by atoms with Crippen molar-refractivity contribution >= 4 is 28.4 Å². The lowest BCUT2D eigenvalue weighted by Crippen LogP contribution is -2.49. The predicted octanol–water partition coefficient (Wildman–Crippen LogP) is 2.36. The Bertz CT molecular complexity index is 718. The highest BCUT2D eigenvalue weighted by molar-refractivity contribution is 6.31. The molecule has 2 aliphatic rings. The van der Waals surface area contributed by atoms with E-state index in [0.29, 0.717) is 5.91 Å². The number of aromatic nitrogens is 1. The highest BCUT2D eigenvalue weighted by atomic mass is 35.5. The second kappa shape index (κ2) is 5.60. The SMILES string of the molecule is O=C(C1CCc2[nH]c3ccc(Cl)cc3c2C1)N1CCNCC1. The van der Waals surface area contributed by atoms with Crippen molar-refractivity contribution in [3.05, 3.63) is 34.5 Å². The molecule has 1 atom stereocenters. The number of aryl methyl sites for hydroxylation is 1. The molecule has 2 N–H and O–H groups in total. The standard InChI is InChI=1S/C17H20ClN3O/c18-12-2-4-16-14(10-12)13-9-11(1-3-15(13)20-16)17(22)21-7-5-19-6-8-21/h2,4,10-11,19-20H,1,3,5-9H2. The topological polar surface area (TPSA) is 48.1 Å². The zero-order valence-electron chi connectivity index (χ0n) is 12.5. The molecule has 1 amide bonds. The Hall–Kier alpha value is -1.52. The van der Waals surface area contributed by atoms with Gasteiger partial charge >= 0.3 is 0 Å². The van der Waals surface area contributed by atoms with E-state index >= 15 is 0 Å². The first-order chi connectivity index (χ1) is 10.7. The van der Waals surface area contributed by atoms with E-state index < -0.39 is 0 Å². The predicted molar refractivity (Wildman–Crippen MR) is 88.3 cm³/mol. The lowest BCUT2D eigenvalue weighted by molar-refractivity contribution is -0.136. The summed E-state index contributed by atoms with van der Waals surface area (Å²) in [6.07, 6.45) is 2.72. The average molecular weight is 318 g/mol. The molecule has 1 aliphatic carbocycles. The van der Waals surface area contributed by atoms with Gasteiger partial charge < -0.3 is 15.2 Å². The molecule has 1 fully saturated rings. The molecular weight excluding hydrogens is 298 g/mol. The molecule has 1 unspecified atom stereocenters. The number of nitrogens with zero attached hydrogens (tertiary/aromatic N) is 1. The maximum absolute atomic E-state index is 12.7. The van der Waals surface area contributed by atoms with E-state index in [2.05, 4.69) is 10.3 Å². The summed E-state index contributed by atoms with van der Waals surface area (Å²) in [4.78, 5) is 18.3. The van der Waals surface area contributed by atoms with Gasteiger partial charge in [-0.25, -0.2) is 0 Å². The van der Waals surface area contributed by atoms with Crippen LogP contribution in [0.15, 0.2) is 18.2 Å². The lowest BCUT2D eigenvalue weighted by atomic mass is 9.85. The molecule has 22 heavy (non-hydrogen) atoms. The van der Waals surface area contributed by atoms with Crippen molar-refractivity contribution in [2.75, 3.05) is 26.2 Å². The largest absolute Gasteiger partial charge is 0.358 e. The minimum atomic E-state index is 0.114. The first-order valence-electron chi connectivity index (χ1n) is 8.01. The number of hydrogen-bond donors (Lipinski definition) is 2. The monoisotopic (exact) mass is 317 g/mol. The van der Waals surface area contributed by atoms with E-state index in [-0.39, 0.29) is 5.92 Å². The Kier molecular flexibility index (Phi) is 3.59. The number of carbonyl (C=O) groups excluding carboxylic acids is 1. The maximum Gasteiger partial charge on any atom is 0.226 e. The van der Waals surface area contributed by atoms with E-state index in [0.717, 1.165) is 56.0 Å². The van der Waals surface area contributed by atoms with Gasteiger partial charge in [0, 0.05) is 53.7 Å². The van der Waals surface area contributed by atoms with Crippen LogP contribution >= 0.6 is 11.6 Å². The number of piperazine rings is 1. The minimum Gasteiger partial charge on any atom is -0.358 e. The van der Waals surface area contributed by atoms with Crippen LogP contribution in [0.1, 0.15) is 17.7 Å². The maximum atomic E-state index is 12.7. The average Bonchev–Trinajstić information content (AvgIpc) is 2.92. The number of hydrogen-bond acceptors (Lipinski definition) is 2. The van der Waals surface area contributed by atoms with Crippen molar-refractivity contribution in [1.29, 1.82) is 0 Å². The van der Waals surface area contributed by atoms with Gasteiger partial charge in [0.05, 0.1) is 0 Å². The van der Waals surface area contributed by atoms with E-state index in [9.17, 15) is 4.79 Å². The summed E-state index contributed by atoms with van der Waals surface area (Å²) in [6.45, 7) is 3.49. The van der Waals surface area contributed by atoms with E-state index in [1.54, 1.807) is 0 Å². The van der Waals surface area contributed by atoms with E-state index in [1.165, 1.54) is 16.6 Å². The van der Waals surface area contributed by atoms with E-state index in [4.69, 9.17) is 11.6 Å². The summed E-state index contributed by atoms with van der Waals surface area (Å²) >= 11 is 6.14. The number of aromatic amines is 1. The molecular formula is C17H20ClN3O. The second-order valence-electron chi connectivity index (χ2n) is 6.29. The number of amides is 1. The Morgan fingerprint density at radius 2 is 2.09 bits per heavy atom. The van der Waals surface area contributed by atoms with Gasteiger partial charge in [0.15, 0.2) is 0 Å². The van der Waals surface area contributed by atoms with Crippen LogP contribution in [0.25, 0.3) is 10.9 Å². The zero-order valence-corrected chi connectivity index (χ0v) is 13.2. The molecule has 1 saturated heterocycles. The molecule has 4 rings (SSSR count). The van der Waals surface area contributed by atoms with Crippen LogP contribution in [-0.2, 0) is 17.6 Å². The van der Waals surface area contributed by atoms with Gasteiger partial charge in [-0.2, -0.15) is 0 Å². The fourth-order valence-electron chi connectivity index (χ4n) is 3.74. The van der Waals surface area contributed by atoms with Gasteiger partial charge in [-0.05, 0) is 43.0 Å². The summed E-state index contributed by atoms with van der Waals surface area (Å²) in [5, 5.41) is 5.24. The quantitative estimate of drug-likeness (QED) is 0.848. The third-order valence-corrected chi connectivity index (χ3v) is 5.16. The van der Waals surface area contributed by atoms with Crippen LogP contribution in [0.4, 0.5) is 0 Å². The molecule has 4 nitrogen and oxygen atoms in total. The van der Waals surface area contributed by atoms with Crippen molar-refractivity contribution in [3.8, 4) is 0 Å². The van der Waals surface area contributed by atoms with Gasteiger partial charge in [-0.3, -0.25) is 4.79 Å². The van der Waals surface area contributed by atoms with E-state index in [1.807, 2.05) is 23.1 Å². The summed E-state index contributed by atoms with van der Waals surface area (Å²) in [6, 6.07) is 5.96. The fourth-order valence-corrected chi connectivity index (χ4v) is 3.92. The summed E-state index contributed by atoms with van der Waals surface area (Å²) in [5.74, 6) is 0.437. The van der Waals surface area contributed by atoms with Gasteiger partial charge in [-0.1, -0.05) is 11.6 Å². The Balaban J connectivity index is 1.61. The zero-order chi connectivity index (χ0) is 15.1. The number of nitrogens with one attached hydrogen (secondary N) is 2. The second-order valence-corrected chi connectivity index (χ2v) is 6.72. The number of H-pyrrole nitrogens is 1. The van der Waals surface area contributed by atoms with Crippen molar-refractivity contribution in [2.45, 2.75) is 19.3 Å². The molecule has 0 bridgehead atoms. The first-order valence-corrected chi connectivity index (χ1v) is 8.38. The number of halogens is 1. The number of rotatable bonds is 1. The Morgan fingerprint density at radius 1 is 1.27 bits per heavy atom. The van der Waals surface area contributed by atoms with Crippen molar-refractivity contribution in [2.24, 2.45) is 5.92 Å². The molecule has 1 aromatic carbocycles. The van der Waals surface area contributed by atoms with Gasteiger partial charge in [0.2, 0.25) is 5.91 Å².